The van der Waals surface area contributed by atoms with Gasteiger partial charge in [-0.3, -0.25) is 4.79 Å². The van der Waals surface area contributed by atoms with Gasteiger partial charge in [0.15, 0.2) is 18.1 Å². The summed E-state index contributed by atoms with van der Waals surface area (Å²) in [7, 11) is 0. The molecule has 0 bridgehead atoms. The molecule has 0 spiro atoms. The Morgan fingerprint density at radius 3 is 2.62 bits per heavy atom. The highest BCUT2D eigenvalue weighted by molar-refractivity contribution is 5.94. The van der Waals surface area contributed by atoms with Gasteiger partial charge in [0, 0.05) is 12.1 Å². The van der Waals surface area contributed by atoms with Gasteiger partial charge in [-0.05, 0) is 37.5 Å². The Hall–Kier alpha value is -2.24. The zero-order valence-electron chi connectivity index (χ0n) is 14.0. The van der Waals surface area contributed by atoms with Gasteiger partial charge in [0.1, 0.15) is 0 Å². The first-order valence-electron chi connectivity index (χ1n) is 8.49. The molecule has 1 fully saturated rings. The zero-order chi connectivity index (χ0) is 17.4. The molecule has 24 heavy (non-hydrogen) atoms. The largest absolute Gasteiger partial charge is 0.490 e. The SMILES string of the molecule is CCOc1cc(C(=O)NCCC2CCCC2)ccc1OCC(=O)O. The number of carbonyl (C=O) groups excluding carboxylic acids is 1. The predicted molar refractivity (Wildman–Crippen MR) is 89.7 cm³/mol. The average Bonchev–Trinajstić information content (AvgIpc) is 3.07. The molecule has 0 radical (unpaired) electrons. The van der Waals surface area contributed by atoms with Crippen LogP contribution in [0.15, 0.2) is 18.2 Å². The normalized spacial score (nSPS) is 14.4. The molecule has 1 aromatic rings. The third-order valence-corrected chi connectivity index (χ3v) is 4.17. The number of hydrogen-bond acceptors (Lipinski definition) is 4. The summed E-state index contributed by atoms with van der Waals surface area (Å²) in [6.45, 7) is 2.43. The van der Waals surface area contributed by atoms with Gasteiger partial charge in [-0.2, -0.15) is 0 Å². The topological polar surface area (TPSA) is 84.9 Å². The molecule has 0 aliphatic heterocycles. The van der Waals surface area contributed by atoms with E-state index in [0.717, 1.165) is 12.3 Å². The van der Waals surface area contributed by atoms with Gasteiger partial charge in [0.2, 0.25) is 0 Å². The molecule has 1 aliphatic rings. The number of carboxylic acid groups (broad SMARTS) is 1. The summed E-state index contributed by atoms with van der Waals surface area (Å²) in [4.78, 5) is 22.9. The van der Waals surface area contributed by atoms with Crippen molar-refractivity contribution in [2.45, 2.75) is 39.0 Å². The van der Waals surface area contributed by atoms with Gasteiger partial charge < -0.3 is 19.9 Å². The Labute approximate surface area is 142 Å². The van der Waals surface area contributed by atoms with Crippen molar-refractivity contribution in [1.29, 1.82) is 0 Å². The Morgan fingerprint density at radius 1 is 1.21 bits per heavy atom. The van der Waals surface area contributed by atoms with E-state index in [0.29, 0.717) is 30.2 Å². The summed E-state index contributed by atoms with van der Waals surface area (Å²) >= 11 is 0. The number of benzene rings is 1. The second kappa shape index (κ2) is 9.15. The van der Waals surface area contributed by atoms with Gasteiger partial charge in [0.25, 0.3) is 5.91 Å². The minimum Gasteiger partial charge on any atom is -0.490 e. The van der Waals surface area contributed by atoms with Crippen molar-refractivity contribution in [1.82, 2.24) is 5.32 Å². The van der Waals surface area contributed by atoms with Gasteiger partial charge in [0.05, 0.1) is 6.61 Å². The highest BCUT2D eigenvalue weighted by atomic mass is 16.5. The minimum absolute atomic E-state index is 0.154. The van der Waals surface area contributed by atoms with Crippen LogP contribution in [0.5, 0.6) is 11.5 Å². The first-order valence-corrected chi connectivity index (χ1v) is 8.49. The monoisotopic (exact) mass is 335 g/mol. The number of carbonyl (C=O) groups is 2. The fourth-order valence-electron chi connectivity index (χ4n) is 2.97. The lowest BCUT2D eigenvalue weighted by atomic mass is 10.0. The Balaban J connectivity index is 1.93. The molecule has 1 aromatic carbocycles. The molecule has 132 valence electrons. The highest BCUT2D eigenvalue weighted by Crippen LogP contribution is 2.29. The van der Waals surface area contributed by atoms with E-state index in [1.54, 1.807) is 18.2 Å². The minimum atomic E-state index is -1.06. The third-order valence-electron chi connectivity index (χ3n) is 4.17. The van der Waals surface area contributed by atoms with E-state index >= 15 is 0 Å². The Bertz CT molecular complexity index is 567. The lowest BCUT2D eigenvalue weighted by molar-refractivity contribution is -0.139. The standard InChI is InChI=1S/C18H25NO5/c1-2-23-16-11-14(7-8-15(16)24-12-17(20)21)18(22)19-10-9-13-5-3-4-6-13/h7-8,11,13H,2-6,9-10,12H2,1H3,(H,19,22)(H,20,21). The number of nitrogens with one attached hydrogen (secondary N) is 1. The molecule has 1 saturated carbocycles. The van der Waals surface area contributed by atoms with Crippen LogP contribution in [0.2, 0.25) is 0 Å². The molecule has 0 saturated heterocycles. The molecule has 0 heterocycles. The fourth-order valence-corrected chi connectivity index (χ4v) is 2.97. The van der Waals surface area contributed by atoms with Gasteiger partial charge in [-0.1, -0.05) is 25.7 Å². The molecular weight excluding hydrogens is 310 g/mol. The summed E-state index contributed by atoms with van der Waals surface area (Å²) in [5.41, 5.74) is 0.479. The number of ether oxygens (including phenoxy) is 2. The number of rotatable bonds is 9. The molecule has 0 unspecified atom stereocenters. The van der Waals surface area contributed by atoms with Crippen molar-refractivity contribution in [3.05, 3.63) is 23.8 Å². The molecule has 2 N–H and O–H groups in total. The maximum absolute atomic E-state index is 12.3. The maximum Gasteiger partial charge on any atom is 0.341 e. The van der Waals surface area contributed by atoms with Gasteiger partial charge in [-0.25, -0.2) is 4.79 Å². The van der Waals surface area contributed by atoms with Crippen LogP contribution in [0, 0.1) is 5.92 Å². The number of hydrogen-bond donors (Lipinski definition) is 2. The average molecular weight is 335 g/mol. The molecule has 6 heteroatoms. The van der Waals surface area contributed by atoms with Crippen molar-refractivity contribution in [2.24, 2.45) is 5.92 Å². The van der Waals surface area contributed by atoms with Crippen LogP contribution in [0.4, 0.5) is 0 Å². The van der Waals surface area contributed by atoms with E-state index in [1.165, 1.54) is 25.7 Å². The zero-order valence-corrected chi connectivity index (χ0v) is 14.0. The molecule has 6 nitrogen and oxygen atoms in total. The van der Waals surface area contributed by atoms with E-state index in [4.69, 9.17) is 14.6 Å². The third kappa shape index (κ3) is 5.44. The lowest BCUT2D eigenvalue weighted by Crippen LogP contribution is -2.25. The summed E-state index contributed by atoms with van der Waals surface area (Å²) in [5.74, 6) is 0.213. The second-order valence-corrected chi connectivity index (χ2v) is 5.97. The Morgan fingerprint density at radius 2 is 1.96 bits per heavy atom. The van der Waals surface area contributed by atoms with Crippen LogP contribution in [-0.2, 0) is 4.79 Å². The maximum atomic E-state index is 12.3. The predicted octanol–water partition coefficient (Wildman–Crippen LogP) is 2.86. The van der Waals surface area contributed by atoms with Crippen LogP contribution < -0.4 is 14.8 Å². The van der Waals surface area contributed by atoms with Crippen molar-refractivity contribution in [3.63, 3.8) is 0 Å². The quantitative estimate of drug-likeness (QED) is 0.725. The van der Waals surface area contributed by atoms with Crippen molar-refractivity contribution >= 4 is 11.9 Å². The van der Waals surface area contributed by atoms with Crippen LogP contribution in [0.1, 0.15) is 49.4 Å². The first-order chi connectivity index (χ1) is 11.6. The highest BCUT2D eigenvalue weighted by Gasteiger charge is 2.16. The summed E-state index contributed by atoms with van der Waals surface area (Å²) in [6, 6.07) is 4.77. The number of aliphatic carboxylic acids is 1. The molecular formula is C18H25NO5. The van der Waals surface area contributed by atoms with Crippen molar-refractivity contribution in [3.8, 4) is 11.5 Å². The van der Waals surface area contributed by atoms with Gasteiger partial charge in [-0.15, -0.1) is 0 Å². The van der Waals surface area contributed by atoms with Crippen LogP contribution in [0.25, 0.3) is 0 Å². The molecule has 0 atom stereocenters. The number of carboxylic acids is 1. The van der Waals surface area contributed by atoms with E-state index in [1.807, 2.05) is 6.92 Å². The van der Waals surface area contributed by atoms with E-state index in [9.17, 15) is 9.59 Å². The molecule has 1 aliphatic carbocycles. The summed E-state index contributed by atoms with van der Waals surface area (Å²) in [5, 5.41) is 11.6. The smallest absolute Gasteiger partial charge is 0.341 e. The van der Waals surface area contributed by atoms with Crippen LogP contribution >= 0.6 is 0 Å². The van der Waals surface area contributed by atoms with Crippen molar-refractivity contribution < 1.29 is 24.2 Å². The molecule has 2 rings (SSSR count). The van der Waals surface area contributed by atoms with Gasteiger partial charge >= 0.3 is 5.97 Å². The van der Waals surface area contributed by atoms with Crippen LogP contribution in [-0.4, -0.2) is 36.7 Å². The van der Waals surface area contributed by atoms with E-state index in [-0.39, 0.29) is 5.91 Å². The van der Waals surface area contributed by atoms with Crippen molar-refractivity contribution in [2.75, 3.05) is 19.8 Å². The first kappa shape index (κ1) is 18.1. The van der Waals surface area contributed by atoms with E-state index in [2.05, 4.69) is 5.32 Å². The summed E-state index contributed by atoms with van der Waals surface area (Å²) in [6.07, 6.45) is 6.14. The Kier molecular flexibility index (Phi) is 6.90. The number of amides is 1. The van der Waals surface area contributed by atoms with Crippen LogP contribution in [0.3, 0.4) is 0 Å². The van der Waals surface area contributed by atoms with E-state index < -0.39 is 12.6 Å². The molecule has 1 amide bonds. The molecule has 0 aromatic heterocycles. The second-order valence-electron chi connectivity index (χ2n) is 5.97. The summed E-state index contributed by atoms with van der Waals surface area (Å²) < 4.78 is 10.6. The lowest BCUT2D eigenvalue weighted by Gasteiger charge is -2.13. The fraction of sp³-hybridized carbons (Fsp3) is 0.556.